The second-order valence-corrected chi connectivity index (χ2v) is 6.55. The van der Waals surface area contributed by atoms with Gasteiger partial charge in [0.2, 0.25) is 0 Å². The molecule has 0 saturated heterocycles. The molecular formula is C19H20N2O2S. The zero-order valence-electron chi connectivity index (χ0n) is 13.8. The van der Waals surface area contributed by atoms with Crippen LogP contribution in [0.15, 0.2) is 47.6 Å². The van der Waals surface area contributed by atoms with Crippen molar-refractivity contribution in [3.8, 4) is 5.75 Å². The van der Waals surface area contributed by atoms with E-state index in [1.54, 1.807) is 7.11 Å². The number of hydrogen-bond donors (Lipinski definition) is 1. The third kappa shape index (κ3) is 3.79. The first-order valence-corrected chi connectivity index (χ1v) is 8.97. The maximum absolute atomic E-state index is 12.3. The zero-order chi connectivity index (χ0) is 16.9. The van der Waals surface area contributed by atoms with E-state index in [-0.39, 0.29) is 5.78 Å². The first-order chi connectivity index (χ1) is 11.7. The Bertz CT molecular complexity index is 840. The first-order valence-electron chi connectivity index (χ1n) is 7.98. The number of nitrogens with zero attached hydrogens (tertiary/aromatic N) is 1. The predicted molar refractivity (Wildman–Crippen MR) is 98.1 cm³/mol. The van der Waals surface area contributed by atoms with Gasteiger partial charge in [0, 0.05) is 11.6 Å². The molecule has 2 aromatic carbocycles. The van der Waals surface area contributed by atoms with E-state index in [0.29, 0.717) is 5.75 Å². The number of aromatic amines is 1. The summed E-state index contributed by atoms with van der Waals surface area (Å²) in [6.45, 7) is 2.15. The van der Waals surface area contributed by atoms with Gasteiger partial charge in [-0.2, -0.15) is 0 Å². The number of benzene rings is 2. The summed E-state index contributed by atoms with van der Waals surface area (Å²) < 4.78 is 5.21. The Balaban J connectivity index is 1.65. The fraction of sp³-hybridized carbons (Fsp3) is 0.263. The lowest BCUT2D eigenvalue weighted by molar-refractivity contribution is 0.102. The van der Waals surface area contributed by atoms with Crippen molar-refractivity contribution in [3.63, 3.8) is 0 Å². The molecule has 0 atom stereocenters. The Morgan fingerprint density at radius 1 is 1.21 bits per heavy atom. The molecule has 1 N–H and O–H groups in total. The lowest BCUT2D eigenvalue weighted by Crippen LogP contribution is -2.02. The van der Waals surface area contributed by atoms with Gasteiger partial charge in [-0.25, -0.2) is 4.98 Å². The van der Waals surface area contributed by atoms with Crippen molar-refractivity contribution in [2.45, 2.75) is 24.9 Å². The summed E-state index contributed by atoms with van der Waals surface area (Å²) in [7, 11) is 1.64. The molecule has 0 amide bonds. The number of hydrogen-bond acceptors (Lipinski definition) is 4. The number of ketones is 1. The Morgan fingerprint density at radius 3 is 2.71 bits per heavy atom. The van der Waals surface area contributed by atoms with Gasteiger partial charge in [0.05, 0.1) is 23.9 Å². The number of nitrogens with one attached hydrogen (secondary N) is 1. The molecule has 0 fully saturated rings. The second-order valence-electron chi connectivity index (χ2n) is 5.58. The standard InChI is InChI=1S/C19H20N2O2S/c1-3-4-13-5-7-14(8-6-13)18(22)12-24-19-20-16-10-9-15(23-2)11-17(16)21-19/h5-11H,3-4,12H2,1-2H3,(H,20,21). The lowest BCUT2D eigenvalue weighted by Gasteiger charge is -2.02. The average Bonchev–Trinajstić information content (AvgIpc) is 3.02. The van der Waals surface area contributed by atoms with Crippen LogP contribution in [0.5, 0.6) is 5.75 Å². The molecule has 0 saturated carbocycles. The monoisotopic (exact) mass is 340 g/mol. The summed E-state index contributed by atoms with van der Waals surface area (Å²) in [4.78, 5) is 20.0. The highest BCUT2D eigenvalue weighted by Gasteiger charge is 2.10. The van der Waals surface area contributed by atoms with Crippen molar-refractivity contribution < 1.29 is 9.53 Å². The van der Waals surface area contributed by atoms with E-state index in [1.165, 1.54) is 17.3 Å². The normalized spacial score (nSPS) is 10.9. The SMILES string of the molecule is CCCc1ccc(C(=O)CSc2nc3ccc(OC)cc3[nH]2)cc1. The molecule has 3 rings (SSSR count). The van der Waals surface area contributed by atoms with E-state index in [4.69, 9.17) is 4.74 Å². The number of aromatic nitrogens is 2. The first kappa shape index (κ1) is 16.6. The van der Waals surface area contributed by atoms with Crippen LogP contribution < -0.4 is 4.74 Å². The summed E-state index contributed by atoms with van der Waals surface area (Å²) in [5.74, 6) is 1.26. The average molecular weight is 340 g/mol. The summed E-state index contributed by atoms with van der Waals surface area (Å²) in [5.41, 5.74) is 3.80. The van der Waals surface area contributed by atoms with E-state index in [0.717, 1.165) is 40.3 Å². The number of H-pyrrole nitrogens is 1. The van der Waals surface area contributed by atoms with Crippen LogP contribution >= 0.6 is 11.8 Å². The number of fused-ring (bicyclic) bond motifs is 1. The number of carbonyl (C=O) groups is 1. The molecule has 1 heterocycles. The van der Waals surface area contributed by atoms with Crippen molar-refractivity contribution in [3.05, 3.63) is 53.6 Å². The Morgan fingerprint density at radius 2 is 2.00 bits per heavy atom. The molecular weight excluding hydrogens is 320 g/mol. The lowest BCUT2D eigenvalue weighted by atomic mass is 10.1. The molecule has 0 radical (unpaired) electrons. The minimum atomic E-state index is 0.112. The highest BCUT2D eigenvalue weighted by Crippen LogP contribution is 2.23. The van der Waals surface area contributed by atoms with Crippen molar-refractivity contribution in [2.24, 2.45) is 0 Å². The number of methoxy groups -OCH3 is 1. The quantitative estimate of drug-likeness (QED) is 0.508. The minimum Gasteiger partial charge on any atom is -0.497 e. The highest BCUT2D eigenvalue weighted by molar-refractivity contribution is 7.99. The van der Waals surface area contributed by atoms with Gasteiger partial charge in [-0.3, -0.25) is 4.79 Å². The Hall–Kier alpha value is -2.27. The van der Waals surface area contributed by atoms with Crippen molar-refractivity contribution in [1.29, 1.82) is 0 Å². The molecule has 5 heteroatoms. The second kappa shape index (κ2) is 7.53. The molecule has 0 aliphatic heterocycles. The largest absolute Gasteiger partial charge is 0.497 e. The smallest absolute Gasteiger partial charge is 0.173 e. The fourth-order valence-corrected chi connectivity index (χ4v) is 3.30. The van der Waals surface area contributed by atoms with Gasteiger partial charge >= 0.3 is 0 Å². The molecule has 0 aliphatic carbocycles. The molecule has 0 unspecified atom stereocenters. The summed E-state index contributed by atoms with van der Waals surface area (Å²) in [6.07, 6.45) is 2.16. The maximum atomic E-state index is 12.3. The molecule has 0 aliphatic rings. The summed E-state index contributed by atoms with van der Waals surface area (Å²) in [6, 6.07) is 13.6. The van der Waals surface area contributed by atoms with Crippen LogP contribution in [0.25, 0.3) is 11.0 Å². The number of carbonyl (C=O) groups excluding carboxylic acids is 1. The van der Waals surface area contributed by atoms with Gasteiger partial charge in [0.1, 0.15) is 5.75 Å². The van der Waals surface area contributed by atoms with Crippen molar-refractivity contribution >= 4 is 28.6 Å². The highest BCUT2D eigenvalue weighted by atomic mass is 32.2. The van der Waals surface area contributed by atoms with Crippen LogP contribution in [0.3, 0.4) is 0 Å². The van der Waals surface area contributed by atoms with Gasteiger partial charge in [-0.05, 0) is 24.1 Å². The molecule has 1 aromatic heterocycles. The number of aryl methyl sites for hydroxylation is 1. The Labute approximate surface area is 145 Å². The number of imidazole rings is 1. The molecule has 124 valence electrons. The summed E-state index contributed by atoms with van der Waals surface area (Å²) in [5, 5.41) is 0.745. The maximum Gasteiger partial charge on any atom is 0.173 e. The van der Waals surface area contributed by atoms with Crippen LogP contribution in [0, 0.1) is 0 Å². The fourth-order valence-electron chi connectivity index (χ4n) is 2.52. The van der Waals surface area contributed by atoms with Crippen LogP contribution in [0.1, 0.15) is 29.3 Å². The summed E-state index contributed by atoms with van der Waals surface area (Å²) >= 11 is 1.42. The zero-order valence-corrected chi connectivity index (χ0v) is 14.7. The number of Topliss-reactive ketones (excluding diaryl/α,β-unsaturated/α-hetero) is 1. The van der Waals surface area contributed by atoms with Crippen LogP contribution in [0.4, 0.5) is 0 Å². The Kier molecular flexibility index (Phi) is 5.20. The van der Waals surface area contributed by atoms with Gasteiger partial charge < -0.3 is 9.72 Å². The van der Waals surface area contributed by atoms with E-state index in [2.05, 4.69) is 16.9 Å². The number of thioether (sulfide) groups is 1. The van der Waals surface area contributed by atoms with Gasteiger partial charge in [-0.15, -0.1) is 0 Å². The molecule has 3 aromatic rings. The number of rotatable bonds is 7. The van der Waals surface area contributed by atoms with Crippen molar-refractivity contribution in [2.75, 3.05) is 12.9 Å². The van der Waals surface area contributed by atoms with Crippen LogP contribution in [-0.2, 0) is 6.42 Å². The van der Waals surface area contributed by atoms with Gasteiger partial charge in [0.25, 0.3) is 0 Å². The topological polar surface area (TPSA) is 55.0 Å². The minimum absolute atomic E-state index is 0.112. The predicted octanol–water partition coefficient (Wildman–Crippen LogP) is 4.50. The number of ether oxygens (including phenoxy) is 1. The van der Waals surface area contributed by atoms with E-state index in [9.17, 15) is 4.79 Å². The molecule has 24 heavy (non-hydrogen) atoms. The van der Waals surface area contributed by atoms with E-state index in [1.807, 2.05) is 42.5 Å². The third-order valence-electron chi connectivity index (χ3n) is 3.82. The van der Waals surface area contributed by atoms with E-state index >= 15 is 0 Å². The molecule has 4 nitrogen and oxygen atoms in total. The van der Waals surface area contributed by atoms with Crippen LogP contribution in [-0.4, -0.2) is 28.6 Å². The molecule has 0 spiro atoms. The molecule has 0 bridgehead atoms. The van der Waals surface area contributed by atoms with Gasteiger partial charge in [0.15, 0.2) is 10.9 Å². The third-order valence-corrected chi connectivity index (χ3v) is 4.70. The van der Waals surface area contributed by atoms with Crippen molar-refractivity contribution in [1.82, 2.24) is 9.97 Å². The van der Waals surface area contributed by atoms with Gasteiger partial charge in [-0.1, -0.05) is 49.4 Å². The van der Waals surface area contributed by atoms with Crippen LogP contribution in [0.2, 0.25) is 0 Å². The van der Waals surface area contributed by atoms with E-state index < -0.39 is 0 Å².